The minimum atomic E-state index is -0.775. The van der Waals surface area contributed by atoms with E-state index in [-0.39, 0.29) is 5.41 Å². The zero-order chi connectivity index (χ0) is 12.8. The summed E-state index contributed by atoms with van der Waals surface area (Å²) in [7, 11) is 0. The van der Waals surface area contributed by atoms with E-state index in [4.69, 9.17) is 5.73 Å². The van der Waals surface area contributed by atoms with Crippen molar-refractivity contribution in [2.24, 2.45) is 11.1 Å². The van der Waals surface area contributed by atoms with Crippen LogP contribution in [0.1, 0.15) is 44.2 Å². The molecule has 1 unspecified atom stereocenters. The molecule has 0 aliphatic heterocycles. The minimum Gasteiger partial charge on any atom is -0.321 e. The van der Waals surface area contributed by atoms with E-state index < -0.39 is 17.2 Å². The molecule has 0 aromatic heterocycles. The lowest BCUT2D eigenvalue weighted by molar-refractivity contribution is 0.202. The van der Waals surface area contributed by atoms with Gasteiger partial charge in [-0.25, -0.2) is 8.78 Å². The number of halogens is 2. The van der Waals surface area contributed by atoms with Crippen molar-refractivity contribution in [1.82, 2.24) is 0 Å². The Labute approximate surface area is 101 Å². The van der Waals surface area contributed by atoms with Crippen molar-refractivity contribution in [2.75, 3.05) is 0 Å². The van der Waals surface area contributed by atoms with E-state index in [0.717, 1.165) is 12.8 Å². The Morgan fingerprint density at radius 3 is 2.29 bits per heavy atom. The fourth-order valence-electron chi connectivity index (χ4n) is 2.86. The minimum absolute atomic E-state index is 0.199. The lowest BCUT2D eigenvalue weighted by Gasteiger charge is -2.39. The summed E-state index contributed by atoms with van der Waals surface area (Å²) < 4.78 is 27.7. The molecule has 1 aliphatic rings. The average molecular weight is 239 g/mol. The number of hydrogen-bond donors (Lipinski definition) is 1. The van der Waals surface area contributed by atoms with Gasteiger partial charge in [0.25, 0.3) is 0 Å². The molecule has 0 saturated heterocycles. The van der Waals surface area contributed by atoms with Crippen LogP contribution in [0.3, 0.4) is 0 Å². The molecule has 1 atom stereocenters. The first kappa shape index (κ1) is 12.5. The quantitative estimate of drug-likeness (QED) is 0.795. The van der Waals surface area contributed by atoms with Gasteiger partial charge in [0, 0.05) is 11.1 Å². The van der Waals surface area contributed by atoms with E-state index >= 15 is 0 Å². The maximum atomic E-state index is 14.0. The first-order valence-electron chi connectivity index (χ1n) is 6.03. The van der Waals surface area contributed by atoms with E-state index in [9.17, 15) is 8.78 Å². The molecule has 2 N–H and O–H groups in total. The van der Waals surface area contributed by atoms with E-state index in [1.165, 1.54) is 0 Å². The Hall–Kier alpha value is -0.960. The first-order chi connectivity index (χ1) is 7.79. The van der Waals surface area contributed by atoms with Gasteiger partial charge in [-0.3, -0.25) is 0 Å². The molecule has 2 rings (SSSR count). The molecule has 1 aromatic carbocycles. The third-order valence-electron chi connectivity index (χ3n) is 4.34. The Morgan fingerprint density at radius 1 is 1.12 bits per heavy atom. The molecule has 94 valence electrons. The predicted molar refractivity (Wildman–Crippen MR) is 64.6 cm³/mol. The zero-order valence-corrected chi connectivity index (χ0v) is 10.6. The highest BCUT2D eigenvalue weighted by atomic mass is 19.2. The molecule has 1 fully saturated rings. The molecule has 1 nitrogen and oxygen atoms in total. The summed E-state index contributed by atoms with van der Waals surface area (Å²) in [5.41, 5.74) is 6.06. The zero-order valence-electron chi connectivity index (χ0n) is 10.6. The van der Waals surface area contributed by atoms with Crippen LogP contribution in [0.4, 0.5) is 8.78 Å². The predicted octanol–water partition coefficient (Wildman–Crippen LogP) is 3.64. The Morgan fingerprint density at radius 2 is 1.76 bits per heavy atom. The molecule has 0 radical (unpaired) electrons. The van der Waals surface area contributed by atoms with Gasteiger partial charge in [0.05, 0.1) is 0 Å². The smallest absolute Gasteiger partial charge is 0.164 e. The Kier molecular flexibility index (Phi) is 2.77. The highest BCUT2D eigenvalue weighted by Crippen LogP contribution is 2.51. The summed E-state index contributed by atoms with van der Waals surface area (Å²) in [6, 6.07) is 3.25. The number of aryl methyl sites for hydroxylation is 1. The molecule has 0 amide bonds. The van der Waals surface area contributed by atoms with Gasteiger partial charge in [0.2, 0.25) is 0 Å². The van der Waals surface area contributed by atoms with Gasteiger partial charge in [-0.2, -0.15) is 0 Å². The molecule has 1 aliphatic carbocycles. The third kappa shape index (κ3) is 1.68. The Balaban J connectivity index is 2.58. The Bertz CT molecular complexity index is 454. The monoisotopic (exact) mass is 239 g/mol. The van der Waals surface area contributed by atoms with Crippen molar-refractivity contribution in [3.8, 4) is 0 Å². The van der Waals surface area contributed by atoms with Crippen LogP contribution < -0.4 is 5.73 Å². The summed E-state index contributed by atoms with van der Waals surface area (Å²) >= 11 is 0. The summed E-state index contributed by atoms with van der Waals surface area (Å²) in [5.74, 6) is -1.54. The second-order valence-electron chi connectivity index (χ2n) is 5.77. The van der Waals surface area contributed by atoms with E-state index in [1.54, 1.807) is 19.1 Å². The standard InChI is InChI=1S/C14H19F2N/c1-9-5-6-10(12(16)11(9)15)14(17)8-4-7-13(14,2)3/h5-6H,4,7-8,17H2,1-3H3. The fourth-order valence-corrected chi connectivity index (χ4v) is 2.86. The number of hydrogen-bond acceptors (Lipinski definition) is 1. The summed E-state index contributed by atoms with van der Waals surface area (Å²) in [4.78, 5) is 0. The van der Waals surface area contributed by atoms with Crippen molar-refractivity contribution in [1.29, 1.82) is 0 Å². The highest BCUT2D eigenvalue weighted by Gasteiger charge is 2.48. The second kappa shape index (κ2) is 3.77. The molecular formula is C14H19F2N. The lowest BCUT2D eigenvalue weighted by atomic mass is 9.71. The van der Waals surface area contributed by atoms with Crippen LogP contribution in [-0.4, -0.2) is 0 Å². The van der Waals surface area contributed by atoms with Crippen molar-refractivity contribution in [2.45, 2.75) is 45.6 Å². The second-order valence-corrected chi connectivity index (χ2v) is 5.77. The third-order valence-corrected chi connectivity index (χ3v) is 4.34. The first-order valence-corrected chi connectivity index (χ1v) is 6.03. The normalized spacial score (nSPS) is 27.4. The van der Waals surface area contributed by atoms with E-state index in [2.05, 4.69) is 0 Å². The molecule has 0 bridgehead atoms. The van der Waals surface area contributed by atoms with Crippen molar-refractivity contribution >= 4 is 0 Å². The van der Waals surface area contributed by atoms with Crippen LogP contribution in [0.5, 0.6) is 0 Å². The molecule has 1 aromatic rings. The number of rotatable bonds is 1. The van der Waals surface area contributed by atoms with Crippen molar-refractivity contribution < 1.29 is 8.78 Å². The van der Waals surface area contributed by atoms with Crippen LogP contribution in [0.2, 0.25) is 0 Å². The van der Waals surface area contributed by atoms with Gasteiger partial charge in [0.15, 0.2) is 11.6 Å². The van der Waals surface area contributed by atoms with Gasteiger partial charge < -0.3 is 5.73 Å². The maximum absolute atomic E-state index is 14.0. The van der Waals surface area contributed by atoms with Gasteiger partial charge in [-0.1, -0.05) is 32.4 Å². The van der Waals surface area contributed by atoms with Crippen LogP contribution >= 0.6 is 0 Å². The van der Waals surface area contributed by atoms with Crippen LogP contribution in [0.25, 0.3) is 0 Å². The van der Waals surface area contributed by atoms with Crippen molar-refractivity contribution in [3.63, 3.8) is 0 Å². The maximum Gasteiger partial charge on any atom is 0.164 e. The van der Waals surface area contributed by atoms with Crippen LogP contribution in [0.15, 0.2) is 12.1 Å². The van der Waals surface area contributed by atoms with Gasteiger partial charge in [0.1, 0.15) is 0 Å². The molecule has 1 saturated carbocycles. The van der Waals surface area contributed by atoms with Crippen LogP contribution in [0, 0.1) is 24.0 Å². The molecule has 3 heteroatoms. The lowest BCUT2D eigenvalue weighted by Crippen LogP contribution is -2.46. The summed E-state index contributed by atoms with van der Waals surface area (Å²) in [6.45, 7) is 5.61. The van der Waals surface area contributed by atoms with Crippen molar-refractivity contribution in [3.05, 3.63) is 34.9 Å². The summed E-state index contributed by atoms with van der Waals surface area (Å²) in [6.07, 6.45) is 2.61. The molecule has 0 spiro atoms. The number of benzene rings is 1. The SMILES string of the molecule is Cc1ccc(C2(N)CCCC2(C)C)c(F)c1F. The van der Waals surface area contributed by atoms with Gasteiger partial charge in [-0.05, 0) is 30.7 Å². The van der Waals surface area contributed by atoms with Gasteiger partial charge in [-0.15, -0.1) is 0 Å². The highest BCUT2D eigenvalue weighted by molar-refractivity contribution is 5.33. The largest absolute Gasteiger partial charge is 0.321 e. The van der Waals surface area contributed by atoms with E-state index in [1.807, 2.05) is 13.8 Å². The fraction of sp³-hybridized carbons (Fsp3) is 0.571. The number of nitrogens with two attached hydrogens (primary N) is 1. The molecule has 0 heterocycles. The summed E-state index contributed by atoms with van der Waals surface area (Å²) in [5, 5.41) is 0. The molecular weight excluding hydrogens is 220 g/mol. The molecule has 17 heavy (non-hydrogen) atoms. The van der Waals surface area contributed by atoms with Gasteiger partial charge >= 0.3 is 0 Å². The van der Waals surface area contributed by atoms with Crippen LogP contribution in [-0.2, 0) is 5.54 Å². The van der Waals surface area contributed by atoms with E-state index in [0.29, 0.717) is 17.5 Å². The average Bonchev–Trinajstić information content (AvgIpc) is 2.51. The topological polar surface area (TPSA) is 26.0 Å².